The summed E-state index contributed by atoms with van der Waals surface area (Å²) in [5.74, 6) is -2.51. The zero-order valence-electron chi connectivity index (χ0n) is 6.95. The molecule has 3 N–H and O–H groups in total. The number of hydrogen-bond acceptors (Lipinski definition) is 5. The fraction of sp³-hybridized carbons (Fsp3) is 0. The van der Waals surface area contributed by atoms with Gasteiger partial charge in [-0.2, -0.15) is 0 Å². The molecule has 0 saturated heterocycles. The van der Waals surface area contributed by atoms with Gasteiger partial charge in [0.05, 0.1) is 0 Å². The Kier molecular flexibility index (Phi) is 12.5. The van der Waals surface area contributed by atoms with Crippen LogP contribution in [0.5, 0.6) is 0 Å². The summed E-state index contributed by atoms with van der Waals surface area (Å²) in [7, 11) is -4.92. The smallest absolute Gasteiger partial charge is 0.726 e. The maximum absolute atomic E-state index is 9.55. The molecule has 0 aromatic rings. The van der Waals surface area contributed by atoms with E-state index in [1.165, 1.54) is 0 Å². The van der Waals surface area contributed by atoms with Gasteiger partial charge in [-0.1, -0.05) is 0 Å². The third-order valence-corrected chi connectivity index (χ3v) is 0.368. The van der Waals surface area contributed by atoms with E-state index in [0.29, 0.717) is 12.2 Å². The standard InChI is InChI=1S/C4H4O4.Na.H2O4S/c5-3(6)1-2-4(7)8;;1-5(2,3)4/h1-2H,(H,5,6)(H,7,8);;(H2,1,2,3,4)/q;+1;/p-1/b2-1-;;. The second-order valence-corrected chi connectivity index (χ2v) is 2.29. The van der Waals surface area contributed by atoms with Crippen LogP contribution in [-0.2, 0) is 20.0 Å². The first-order valence-electron chi connectivity index (χ1n) is 2.45. The fourth-order valence-corrected chi connectivity index (χ4v) is 0.143. The van der Waals surface area contributed by atoms with Crippen LogP contribution >= 0.6 is 0 Å². The molecule has 0 unspecified atom stereocenters. The van der Waals surface area contributed by atoms with Gasteiger partial charge in [-0.15, -0.1) is 0 Å². The monoisotopic (exact) mass is 236 g/mol. The molecule has 0 aromatic carbocycles. The number of aliphatic carboxylic acids is 2. The fourth-order valence-electron chi connectivity index (χ4n) is 0.143. The molecular weight excluding hydrogens is 231 g/mol. The van der Waals surface area contributed by atoms with E-state index in [0.717, 1.165) is 0 Å². The Morgan fingerprint density at radius 3 is 1.29 bits per heavy atom. The maximum Gasteiger partial charge on any atom is 1.00 e. The summed E-state index contributed by atoms with van der Waals surface area (Å²) in [6, 6.07) is 0. The molecule has 76 valence electrons. The van der Waals surface area contributed by atoms with Gasteiger partial charge in [0.25, 0.3) is 0 Å². The molecule has 0 aliphatic heterocycles. The van der Waals surface area contributed by atoms with Gasteiger partial charge in [-0.3, -0.25) is 4.55 Å². The molecule has 0 aliphatic carbocycles. The first kappa shape index (κ1) is 19.2. The Bertz CT molecular complexity index is 279. The van der Waals surface area contributed by atoms with E-state index < -0.39 is 22.3 Å². The second kappa shape index (κ2) is 9.12. The van der Waals surface area contributed by atoms with Crippen molar-refractivity contribution in [3.05, 3.63) is 12.2 Å². The summed E-state index contributed by atoms with van der Waals surface area (Å²) < 4.78 is 32.8. The topological polar surface area (TPSA) is 152 Å². The molecule has 8 nitrogen and oxygen atoms in total. The minimum atomic E-state index is -4.92. The molecule has 0 rings (SSSR count). The Balaban J connectivity index is -0.000000177. The van der Waals surface area contributed by atoms with E-state index in [4.69, 9.17) is 27.7 Å². The summed E-state index contributed by atoms with van der Waals surface area (Å²) in [5.41, 5.74) is 0. The Morgan fingerprint density at radius 1 is 1.07 bits per heavy atom. The van der Waals surface area contributed by atoms with Crippen LogP contribution in [0.25, 0.3) is 0 Å². The summed E-state index contributed by atoms with van der Waals surface area (Å²) in [6.45, 7) is 0. The molecule has 0 heterocycles. The van der Waals surface area contributed by atoms with Crippen molar-refractivity contribution in [1.29, 1.82) is 0 Å². The number of rotatable bonds is 2. The molecule has 10 heteroatoms. The van der Waals surface area contributed by atoms with Crippen LogP contribution in [0.1, 0.15) is 0 Å². The van der Waals surface area contributed by atoms with Crippen molar-refractivity contribution in [3.8, 4) is 0 Å². The third-order valence-electron chi connectivity index (χ3n) is 0.368. The van der Waals surface area contributed by atoms with Crippen molar-refractivity contribution < 1.29 is 66.9 Å². The molecule has 0 aromatic heterocycles. The Labute approximate surface area is 101 Å². The summed E-state index contributed by atoms with van der Waals surface area (Å²) >= 11 is 0. The van der Waals surface area contributed by atoms with Gasteiger partial charge in [0, 0.05) is 12.2 Å². The van der Waals surface area contributed by atoms with Crippen LogP contribution in [0.2, 0.25) is 0 Å². The van der Waals surface area contributed by atoms with Crippen molar-refractivity contribution in [2.24, 2.45) is 0 Å². The number of carbonyl (C=O) groups is 2. The average molecular weight is 236 g/mol. The van der Waals surface area contributed by atoms with Crippen LogP contribution in [0.4, 0.5) is 0 Å². The van der Waals surface area contributed by atoms with E-state index in [2.05, 4.69) is 0 Å². The van der Waals surface area contributed by atoms with Gasteiger partial charge in [0.15, 0.2) is 0 Å². The van der Waals surface area contributed by atoms with Gasteiger partial charge in [0.1, 0.15) is 0 Å². The summed E-state index contributed by atoms with van der Waals surface area (Å²) in [6.07, 6.45) is 1.12. The van der Waals surface area contributed by atoms with E-state index >= 15 is 0 Å². The van der Waals surface area contributed by atoms with Gasteiger partial charge >= 0.3 is 41.5 Å². The van der Waals surface area contributed by atoms with Crippen molar-refractivity contribution in [2.45, 2.75) is 0 Å². The minimum absolute atomic E-state index is 0. The van der Waals surface area contributed by atoms with E-state index in [-0.39, 0.29) is 29.6 Å². The normalized spacial score (nSPS) is 9.57. The minimum Gasteiger partial charge on any atom is -0.726 e. The van der Waals surface area contributed by atoms with Crippen molar-refractivity contribution in [3.63, 3.8) is 0 Å². The molecule has 0 amide bonds. The maximum atomic E-state index is 9.55. The van der Waals surface area contributed by atoms with Crippen molar-refractivity contribution >= 4 is 22.3 Å². The largest absolute Gasteiger partial charge is 1.00 e. The molecule has 0 fully saturated rings. The molecule has 0 radical (unpaired) electrons. The molecule has 0 aliphatic rings. The molecule has 0 saturated carbocycles. The summed E-state index contributed by atoms with van der Waals surface area (Å²) in [5, 5.41) is 15.6. The Hall–Kier alpha value is -0.450. The van der Waals surface area contributed by atoms with Crippen LogP contribution < -0.4 is 29.6 Å². The van der Waals surface area contributed by atoms with Crippen LogP contribution in [-0.4, -0.2) is 39.7 Å². The number of hydrogen-bond donors (Lipinski definition) is 3. The van der Waals surface area contributed by atoms with E-state index in [9.17, 15) is 9.59 Å². The zero-order valence-corrected chi connectivity index (χ0v) is 9.76. The number of carboxylic acid groups (broad SMARTS) is 2. The van der Waals surface area contributed by atoms with Gasteiger partial charge in [-0.25, -0.2) is 18.0 Å². The van der Waals surface area contributed by atoms with Crippen LogP contribution in [0, 0.1) is 0 Å². The quantitative estimate of drug-likeness (QED) is 0.188. The summed E-state index contributed by atoms with van der Waals surface area (Å²) in [4.78, 5) is 19.1. The van der Waals surface area contributed by atoms with E-state index in [1.54, 1.807) is 0 Å². The molecule has 0 atom stereocenters. The third kappa shape index (κ3) is 62.1. The first-order valence-corrected chi connectivity index (χ1v) is 3.81. The number of carboxylic acids is 2. The van der Waals surface area contributed by atoms with Gasteiger partial charge < -0.3 is 14.8 Å². The van der Waals surface area contributed by atoms with Crippen molar-refractivity contribution in [1.82, 2.24) is 0 Å². The zero-order chi connectivity index (χ0) is 11.1. The molecular formula is C4H5NaO8S. The first-order chi connectivity index (χ1) is 5.63. The molecule has 0 bridgehead atoms. The van der Waals surface area contributed by atoms with Crippen molar-refractivity contribution in [2.75, 3.05) is 0 Å². The predicted molar refractivity (Wildman–Crippen MR) is 36.7 cm³/mol. The van der Waals surface area contributed by atoms with Gasteiger partial charge in [-0.05, 0) is 0 Å². The SMILES string of the molecule is O=C(O)/C=C\C(=O)O.O=S(=O)([O-])O.[Na+]. The van der Waals surface area contributed by atoms with Crippen LogP contribution in [0.3, 0.4) is 0 Å². The predicted octanol–water partition coefficient (Wildman–Crippen LogP) is -4.28. The second-order valence-electron chi connectivity index (χ2n) is 1.44. The average Bonchev–Trinajstić information content (AvgIpc) is 1.79. The van der Waals surface area contributed by atoms with Gasteiger partial charge in [0.2, 0.25) is 10.4 Å². The molecule has 0 spiro atoms. The van der Waals surface area contributed by atoms with Crippen LogP contribution in [0.15, 0.2) is 12.2 Å². The Morgan fingerprint density at radius 2 is 1.21 bits per heavy atom. The molecule has 14 heavy (non-hydrogen) atoms. The van der Waals surface area contributed by atoms with E-state index in [1.807, 2.05) is 0 Å².